The Bertz CT molecular complexity index is 1290. The van der Waals surface area contributed by atoms with Crippen LogP contribution in [0.4, 0.5) is 4.79 Å². The van der Waals surface area contributed by atoms with Gasteiger partial charge >= 0.3 is 18.0 Å². The second-order valence-electron chi connectivity index (χ2n) is 12.8. The number of pyridine rings is 1. The lowest BCUT2D eigenvalue weighted by atomic mass is 9.85. The summed E-state index contributed by atoms with van der Waals surface area (Å²) in [7, 11) is 1.34. The Morgan fingerprint density at radius 1 is 0.955 bits per heavy atom. The normalized spacial score (nSPS) is 16.8. The number of piperidine rings is 1. The number of carbonyl (C=O) groups is 4. The van der Waals surface area contributed by atoms with Crippen molar-refractivity contribution in [1.29, 1.82) is 0 Å². The van der Waals surface area contributed by atoms with Crippen LogP contribution in [0.3, 0.4) is 0 Å². The van der Waals surface area contributed by atoms with E-state index in [9.17, 15) is 19.2 Å². The Kier molecular flexibility index (Phi) is 11.9. The van der Waals surface area contributed by atoms with Crippen molar-refractivity contribution in [2.45, 2.75) is 96.7 Å². The molecule has 240 valence electrons. The lowest BCUT2D eigenvalue weighted by Gasteiger charge is -2.38. The first-order valence-corrected chi connectivity index (χ1v) is 14.9. The number of nitrogens with one attached hydrogen (secondary N) is 1. The third-order valence-electron chi connectivity index (χ3n) is 6.92. The van der Waals surface area contributed by atoms with Crippen molar-refractivity contribution in [3.05, 3.63) is 66.0 Å². The van der Waals surface area contributed by atoms with Crippen LogP contribution < -0.4 is 9.88 Å². The molecule has 3 atom stereocenters. The second-order valence-corrected chi connectivity index (χ2v) is 12.8. The van der Waals surface area contributed by atoms with Gasteiger partial charge in [-0.25, -0.2) is 9.59 Å². The first-order valence-electron chi connectivity index (χ1n) is 14.9. The van der Waals surface area contributed by atoms with E-state index in [4.69, 9.17) is 18.9 Å². The van der Waals surface area contributed by atoms with Gasteiger partial charge in [0.1, 0.15) is 17.1 Å². The summed E-state index contributed by atoms with van der Waals surface area (Å²) in [5, 5.41) is 2.71. The fraction of sp³-hybridized carbons (Fsp3) is 0.545. The van der Waals surface area contributed by atoms with E-state index in [0.29, 0.717) is 13.0 Å². The van der Waals surface area contributed by atoms with Gasteiger partial charge in [-0.1, -0.05) is 30.3 Å². The molecule has 1 aliphatic heterocycles. The fourth-order valence-electron chi connectivity index (χ4n) is 4.90. The number of hydrogen-bond acceptors (Lipinski definition) is 8. The summed E-state index contributed by atoms with van der Waals surface area (Å²) in [5.74, 6) is -2.18. The highest BCUT2D eigenvalue weighted by Crippen LogP contribution is 2.32. The van der Waals surface area contributed by atoms with Crippen molar-refractivity contribution in [3.63, 3.8) is 0 Å². The van der Waals surface area contributed by atoms with Gasteiger partial charge in [-0.15, -0.1) is 0 Å². The summed E-state index contributed by atoms with van der Waals surface area (Å²) < 4.78 is 23.6. The predicted octanol–water partition coefficient (Wildman–Crippen LogP) is 4.13. The average Bonchev–Trinajstić information content (AvgIpc) is 2.97. The highest BCUT2D eigenvalue weighted by molar-refractivity contribution is 5.96. The van der Waals surface area contributed by atoms with E-state index in [1.807, 2.05) is 51.1 Å². The summed E-state index contributed by atoms with van der Waals surface area (Å²) in [6.07, 6.45) is 4.90. The maximum atomic E-state index is 13.3. The van der Waals surface area contributed by atoms with Crippen molar-refractivity contribution in [2.24, 2.45) is 0 Å². The van der Waals surface area contributed by atoms with Gasteiger partial charge in [0, 0.05) is 12.6 Å². The predicted molar refractivity (Wildman–Crippen MR) is 161 cm³/mol. The molecule has 2 heterocycles. The van der Waals surface area contributed by atoms with E-state index in [0.717, 1.165) is 18.4 Å². The van der Waals surface area contributed by atoms with Crippen LogP contribution in [0.1, 0.15) is 82.6 Å². The molecular weight excluding hydrogens is 566 g/mol. The van der Waals surface area contributed by atoms with Crippen LogP contribution in [0.5, 0.6) is 0 Å². The number of nitrogens with zero attached hydrogens (tertiary/aromatic N) is 2. The maximum Gasteiger partial charge on any atom is 0.414 e. The molecule has 2 amide bonds. The topological polar surface area (TPSA) is 124 Å². The average molecular weight is 613 g/mol. The van der Waals surface area contributed by atoms with Crippen molar-refractivity contribution in [3.8, 4) is 0 Å². The van der Waals surface area contributed by atoms with Crippen LogP contribution in [0.15, 0.2) is 54.9 Å². The van der Waals surface area contributed by atoms with Gasteiger partial charge in [-0.05, 0) is 72.4 Å². The molecule has 1 fully saturated rings. The first-order chi connectivity index (χ1) is 20.7. The summed E-state index contributed by atoms with van der Waals surface area (Å²) in [6, 6.07) is 11.1. The van der Waals surface area contributed by atoms with Gasteiger partial charge in [0.2, 0.25) is 0 Å². The summed E-state index contributed by atoms with van der Waals surface area (Å²) in [5.41, 5.74) is -0.254. The molecule has 3 rings (SSSR count). The molecule has 1 aliphatic rings. The number of likely N-dealkylation sites (tertiary alicyclic amines) is 1. The minimum Gasteiger partial charge on any atom is -0.468 e. The molecule has 0 radical (unpaired) electrons. The van der Waals surface area contributed by atoms with Gasteiger partial charge in [0.05, 0.1) is 25.4 Å². The first kappa shape index (κ1) is 34.5. The van der Waals surface area contributed by atoms with Gasteiger partial charge < -0.3 is 29.2 Å². The van der Waals surface area contributed by atoms with Crippen molar-refractivity contribution < 1.29 is 42.7 Å². The summed E-state index contributed by atoms with van der Waals surface area (Å²) >= 11 is 0. The Labute approximate surface area is 259 Å². The fourth-order valence-corrected chi connectivity index (χ4v) is 4.90. The number of rotatable bonds is 10. The summed E-state index contributed by atoms with van der Waals surface area (Å²) in [4.78, 5) is 53.8. The third-order valence-corrected chi connectivity index (χ3v) is 6.92. The Morgan fingerprint density at radius 3 is 2.30 bits per heavy atom. The van der Waals surface area contributed by atoms with E-state index in [-0.39, 0.29) is 18.9 Å². The molecule has 0 aliphatic carbocycles. The monoisotopic (exact) mass is 612 g/mol. The minimum absolute atomic E-state index is 0.0683. The zero-order valence-corrected chi connectivity index (χ0v) is 26.8. The highest BCUT2D eigenvalue weighted by atomic mass is 16.6. The number of benzene rings is 1. The van der Waals surface area contributed by atoms with Crippen LogP contribution >= 0.6 is 0 Å². The van der Waals surface area contributed by atoms with E-state index in [1.54, 1.807) is 48.6 Å². The molecule has 1 N–H and O–H groups in total. The smallest absolute Gasteiger partial charge is 0.414 e. The largest absolute Gasteiger partial charge is 0.468 e. The van der Waals surface area contributed by atoms with Gasteiger partial charge in [0.25, 0.3) is 12.6 Å². The van der Waals surface area contributed by atoms with Crippen LogP contribution in [-0.4, -0.2) is 72.4 Å². The molecule has 0 spiro atoms. The number of carbonyl (C=O) groups excluding carboxylic acids is 4. The Hall–Kier alpha value is -3.99. The van der Waals surface area contributed by atoms with E-state index in [1.165, 1.54) is 13.3 Å². The maximum absolute atomic E-state index is 13.3. The van der Waals surface area contributed by atoms with E-state index >= 15 is 0 Å². The second kappa shape index (κ2) is 15.1. The molecule has 11 heteroatoms. The van der Waals surface area contributed by atoms with Crippen LogP contribution in [0, 0.1) is 0 Å². The van der Waals surface area contributed by atoms with E-state index < -0.39 is 53.1 Å². The van der Waals surface area contributed by atoms with Gasteiger partial charge in [-0.2, -0.15) is 4.57 Å². The number of esters is 2. The molecule has 11 nitrogen and oxygen atoms in total. The van der Waals surface area contributed by atoms with E-state index in [2.05, 4.69) is 5.32 Å². The van der Waals surface area contributed by atoms with Crippen LogP contribution in [0.25, 0.3) is 0 Å². The molecule has 2 unspecified atom stereocenters. The highest BCUT2D eigenvalue weighted by Gasteiger charge is 2.39. The molecule has 0 bridgehead atoms. The molecule has 1 saturated heterocycles. The molecule has 44 heavy (non-hydrogen) atoms. The number of aromatic nitrogens is 1. The zero-order chi connectivity index (χ0) is 32.5. The van der Waals surface area contributed by atoms with Crippen molar-refractivity contribution in [2.75, 3.05) is 20.3 Å². The van der Waals surface area contributed by atoms with Crippen LogP contribution in [0.2, 0.25) is 0 Å². The van der Waals surface area contributed by atoms with Gasteiger partial charge in [0.15, 0.2) is 18.4 Å². The number of hydrogen-bond donors (Lipinski definition) is 1. The lowest BCUT2D eigenvalue weighted by molar-refractivity contribution is -0.727. The standard InChI is InChI=1S/C33H45N3O8/c1-32(2,3)43-21-25(29(38)44-33(4,5)6)34-28(37)24-16-13-18-35(20-24)22-42-31(40)36-19-12-11-17-26(36)27(30(39)41-7)23-14-9-8-10-15-23/h8-10,13-16,18,20,25-27H,11-12,17,19,21-22H2,1-7H3/p+1/t25?,26?,27-/m1/s1. The number of ether oxygens (including phenoxy) is 4. The van der Waals surface area contributed by atoms with Crippen molar-refractivity contribution >= 4 is 23.9 Å². The molecule has 0 saturated carbocycles. The molecule has 1 aromatic heterocycles. The third kappa shape index (κ3) is 10.3. The van der Waals surface area contributed by atoms with Crippen molar-refractivity contribution in [1.82, 2.24) is 10.2 Å². The lowest BCUT2D eigenvalue weighted by Crippen LogP contribution is -2.50. The quantitative estimate of drug-likeness (QED) is 0.241. The molecule has 2 aromatic rings. The molecule has 1 aromatic carbocycles. The zero-order valence-electron chi connectivity index (χ0n) is 26.8. The minimum atomic E-state index is -1.03. The number of methoxy groups -OCH3 is 1. The Morgan fingerprint density at radius 2 is 1.66 bits per heavy atom. The molecular formula is C33H46N3O8+. The summed E-state index contributed by atoms with van der Waals surface area (Å²) in [6.45, 7) is 11.0. The SMILES string of the molecule is COC(=O)[C@H](c1ccccc1)C1CCCCN1C(=O)OC[n+]1cccc(C(=O)NC(COC(C)(C)C)C(=O)OC(C)(C)C)c1. The Balaban J connectivity index is 1.70. The van der Waals surface area contributed by atoms with Crippen LogP contribution in [-0.2, 0) is 35.3 Å². The van der Waals surface area contributed by atoms with Gasteiger partial charge in [-0.3, -0.25) is 9.59 Å². The number of amides is 2.